The van der Waals surface area contributed by atoms with Crippen molar-refractivity contribution in [3.63, 3.8) is 0 Å². The maximum absolute atomic E-state index is 10.5. The number of aryl methyl sites for hydroxylation is 2. The molecule has 0 spiro atoms. The summed E-state index contributed by atoms with van der Waals surface area (Å²) in [4.78, 5) is 0. The Balaban J connectivity index is 1.98. The van der Waals surface area contributed by atoms with Gasteiger partial charge in [0.15, 0.2) is 0 Å². The molecule has 0 amide bonds. The van der Waals surface area contributed by atoms with Crippen molar-refractivity contribution in [3.05, 3.63) is 58.7 Å². The van der Waals surface area contributed by atoms with Crippen molar-refractivity contribution >= 4 is 0 Å². The van der Waals surface area contributed by atoms with E-state index in [1.165, 1.54) is 101 Å². The molecule has 2 unspecified atom stereocenters. The third-order valence-corrected chi connectivity index (χ3v) is 7.41. The minimum atomic E-state index is -0.615. The first-order valence-electron chi connectivity index (χ1n) is 15.3. The summed E-state index contributed by atoms with van der Waals surface area (Å²) >= 11 is 0. The second-order valence-electron chi connectivity index (χ2n) is 10.9. The smallest absolute Gasteiger partial charge is 0.133 e. The molecule has 0 saturated carbocycles. The van der Waals surface area contributed by atoms with Gasteiger partial charge in [0.05, 0.1) is 12.2 Å². The van der Waals surface area contributed by atoms with Gasteiger partial charge in [-0.2, -0.15) is 0 Å². The molecule has 0 aliphatic carbocycles. The van der Waals surface area contributed by atoms with Gasteiger partial charge in [0, 0.05) is 11.1 Å². The van der Waals surface area contributed by atoms with Crippen LogP contribution in [0.25, 0.3) is 0 Å². The number of hydrogen-bond acceptors (Lipinski definition) is 3. The third kappa shape index (κ3) is 12.0. The lowest BCUT2D eigenvalue weighted by atomic mass is 9.99. The van der Waals surface area contributed by atoms with Crippen LogP contribution < -0.4 is 4.74 Å². The number of benzene rings is 2. The summed E-state index contributed by atoms with van der Waals surface area (Å²) < 4.78 is 6.31. The zero-order chi connectivity index (χ0) is 26.9. The molecule has 0 aromatic heterocycles. The molecule has 3 nitrogen and oxygen atoms in total. The fraction of sp³-hybridized carbons (Fsp3) is 0.647. The first-order valence-corrected chi connectivity index (χ1v) is 15.3. The molecule has 2 atom stereocenters. The summed E-state index contributed by atoms with van der Waals surface area (Å²) in [7, 11) is 0. The zero-order valence-corrected chi connectivity index (χ0v) is 24.2. The van der Waals surface area contributed by atoms with Gasteiger partial charge in [-0.1, -0.05) is 103 Å². The third-order valence-electron chi connectivity index (χ3n) is 7.41. The first kappa shape index (κ1) is 31.4. The van der Waals surface area contributed by atoms with Crippen molar-refractivity contribution in [1.29, 1.82) is 0 Å². The Bertz CT molecular complexity index is 800. The highest BCUT2D eigenvalue weighted by molar-refractivity contribution is 5.45. The van der Waals surface area contributed by atoms with Gasteiger partial charge in [-0.05, 0) is 74.9 Å². The van der Waals surface area contributed by atoms with Gasteiger partial charge in [0.25, 0.3) is 0 Å². The van der Waals surface area contributed by atoms with Crippen molar-refractivity contribution in [1.82, 2.24) is 0 Å². The standard InChI is InChI=1S/C34H54O3/c1-5-7-9-11-13-15-17-19-29-21-23-33(31(25-29)27(3)35)37-34-24-22-30(26-32(34)28(4)36)20-18-16-14-12-10-8-6-2/h21-28,35-36H,5-20H2,1-4H3. The van der Waals surface area contributed by atoms with Crippen LogP contribution in [0.1, 0.15) is 152 Å². The Labute approximate surface area is 227 Å². The monoisotopic (exact) mass is 510 g/mol. The van der Waals surface area contributed by atoms with Gasteiger partial charge in [-0.3, -0.25) is 0 Å². The summed E-state index contributed by atoms with van der Waals surface area (Å²) in [6, 6.07) is 12.4. The second-order valence-corrected chi connectivity index (χ2v) is 10.9. The van der Waals surface area contributed by atoms with E-state index < -0.39 is 12.2 Å². The highest BCUT2D eigenvalue weighted by Gasteiger charge is 2.16. The number of aliphatic hydroxyl groups is 2. The molecule has 0 bridgehead atoms. The summed E-state index contributed by atoms with van der Waals surface area (Å²) in [5.74, 6) is 1.33. The summed E-state index contributed by atoms with van der Waals surface area (Å²) in [5, 5.41) is 21.0. The molecule has 2 aromatic carbocycles. The van der Waals surface area contributed by atoms with Gasteiger partial charge in [-0.25, -0.2) is 0 Å². The molecule has 0 fully saturated rings. The van der Waals surface area contributed by atoms with Crippen LogP contribution in [0.5, 0.6) is 11.5 Å². The zero-order valence-electron chi connectivity index (χ0n) is 24.2. The van der Waals surface area contributed by atoms with Gasteiger partial charge in [-0.15, -0.1) is 0 Å². The molecule has 2 rings (SSSR count). The normalized spacial score (nSPS) is 13.0. The summed E-state index contributed by atoms with van der Waals surface area (Å²) in [6.45, 7) is 8.10. The van der Waals surface area contributed by atoms with E-state index in [-0.39, 0.29) is 0 Å². The molecule has 0 aliphatic heterocycles. The fourth-order valence-electron chi connectivity index (χ4n) is 5.04. The molecule has 0 radical (unpaired) electrons. The first-order chi connectivity index (χ1) is 18.0. The molecular formula is C34H54O3. The minimum absolute atomic E-state index is 0.615. The highest BCUT2D eigenvalue weighted by atomic mass is 16.5. The number of unbranched alkanes of at least 4 members (excludes halogenated alkanes) is 12. The van der Waals surface area contributed by atoms with E-state index in [1.54, 1.807) is 13.8 Å². The van der Waals surface area contributed by atoms with E-state index in [0.717, 1.165) is 24.0 Å². The Kier molecular flexibility index (Phi) is 15.6. The average Bonchev–Trinajstić information content (AvgIpc) is 2.88. The van der Waals surface area contributed by atoms with E-state index in [0.29, 0.717) is 11.5 Å². The Hall–Kier alpha value is -1.84. The number of ether oxygens (including phenoxy) is 1. The van der Waals surface area contributed by atoms with Crippen molar-refractivity contribution in [2.75, 3.05) is 0 Å². The van der Waals surface area contributed by atoms with Gasteiger partial charge in [0.2, 0.25) is 0 Å². The lowest BCUT2D eigenvalue weighted by Gasteiger charge is -2.19. The van der Waals surface area contributed by atoms with E-state index in [4.69, 9.17) is 4.74 Å². The highest BCUT2D eigenvalue weighted by Crippen LogP contribution is 2.35. The van der Waals surface area contributed by atoms with Crippen molar-refractivity contribution < 1.29 is 14.9 Å². The lowest BCUT2D eigenvalue weighted by Crippen LogP contribution is -2.02. The van der Waals surface area contributed by atoms with E-state index in [2.05, 4.69) is 38.1 Å². The van der Waals surface area contributed by atoms with Gasteiger partial charge < -0.3 is 14.9 Å². The SMILES string of the molecule is CCCCCCCCCc1ccc(Oc2ccc(CCCCCCCCC)cc2C(C)O)c(C(C)O)c1. The van der Waals surface area contributed by atoms with Crippen LogP contribution in [-0.2, 0) is 12.8 Å². The second kappa shape index (κ2) is 18.4. The van der Waals surface area contributed by atoms with Gasteiger partial charge >= 0.3 is 0 Å². The van der Waals surface area contributed by atoms with Crippen LogP contribution in [0.2, 0.25) is 0 Å². The van der Waals surface area contributed by atoms with Gasteiger partial charge in [0.1, 0.15) is 11.5 Å². The van der Waals surface area contributed by atoms with Crippen LogP contribution in [0, 0.1) is 0 Å². The average molecular weight is 511 g/mol. The van der Waals surface area contributed by atoms with E-state index in [1.807, 2.05) is 12.1 Å². The molecule has 0 saturated heterocycles. The molecule has 37 heavy (non-hydrogen) atoms. The van der Waals surface area contributed by atoms with Crippen molar-refractivity contribution in [2.24, 2.45) is 0 Å². The topological polar surface area (TPSA) is 49.7 Å². The number of aliphatic hydroxyl groups excluding tert-OH is 2. The maximum atomic E-state index is 10.5. The van der Waals surface area contributed by atoms with Crippen LogP contribution in [-0.4, -0.2) is 10.2 Å². The van der Waals surface area contributed by atoms with Crippen LogP contribution >= 0.6 is 0 Å². The van der Waals surface area contributed by atoms with E-state index in [9.17, 15) is 10.2 Å². The Morgan fingerprint density at radius 2 is 0.892 bits per heavy atom. The Morgan fingerprint density at radius 3 is 1.24 bits per heavy atom. The molecule has 0 aliphatic rings. The maximum Gasteiger partial charge on any atom is 0.133 e. The summed E-state index contributed by atoms with van der Waals surface area (Å²) in [5.41, 5.74) is 4.11. The molecule has 0 heterocycles. The largest absolute Gasteiger partial charge is 0.457 e. The van der Waals surface area contributed by atoms with Crippen LogP contribution in [0.15, 0.2) is 36.4 Å². The van der Waals surface area contributed by atoms with Crippen molar-refractivity contribution in [2.45, 2.75) is 143 Å². The number of rotatable bonds is 20. The predicted octanol–water partition coefficient (Wildman–Crippen LogP) is 10.2. The molecule has 2 N–H and O–H groups in total. The lowest BCUT2D eigenvalue weighted by molar-refractivity contribution is 0.191. The van der Waals surface area contributed by atoms with Crippen LogP contribution in [0.3, 0.4) is 0 Å². The number of hydrogen-bond donors (Lipinski definition) is 2. The van der Waals surface area contributed by atoms with E-state index >= 15 is 0 Å². The Morgan fingerprint density at radius 1 is 0.541 bits per heavy atom. The summed E-state index contributed by atoms with van der Waals surface area (Å²) in [6.07, 6.45) is 19.0. The molecule has 208 valence electrons. The quantitative estimate of drug-likeness (QED) is 0.174. The van der Waals surface area contributed by atoms with Crippen molar-refractivity contribution in [3.8, 4) is 11.5 Å². The predicted molar refractivity (Wildman–Crippen MR) is 158 cm³/mol. The van der Waals surface area contributed by atoms with Crippen LogP contribution in [0.4, 0.5) is 0 Å². The minimum Gasteiger partial charge on any atom is -0.457 e. The fourth-order valence-corrected chi connectivity index (χ4v) is 5.04. The molecular weight excluding hydrogens is 456 g/mol. The molecule has 3 heteroatoms. The molecule has 2 aromatic rings.